The lowest BCUT2D eigenvalue weighted by atomic mass is 9.91. The number of nitrogens with zero attached hydrogens (tertiary/aromatic N) is 5. The van der Waals surface area contributed by atoms with Crippen molar-refractivity contribution in [1.29, 1.82) is 0 Å². The first-order chi connectivity index (χ1) is 18.1. The molecule has 0 unspecified atom stereocenters. The lowest BCUT2D eigenvalue weighted by Gasteiger charge is -2.44. The van der Waals surface area contributed by atoms with Crippen LogP contribution in [0, 0.1) is 5.82 Å². The lowest BCUT2D eigenvalue weighted by molar-refractivity contribution is -0.120. The van der Waals surface area contributed by atoms with Crippen LogP contribution in [-0.4, -0.2) is 94.3 Å². The summed E-state index contributed by atoms with van der Waals surface area (Å²) >= 11 is 2.42. The predicted molar refractivity (Wildman–Crippen MR) is 158 cm³/mol. The van der Waals surface area contributed by atoms with Crippen molar-refractivity contribution in [3.05, 3.63) is 59.2 Å². The molecule has 1 aromatic heterocycles. The molecule has 3 aliphatic heterocycles. The van der Waals surface area contributed by atoms with Gasteiger partial charge in [0.15, 0.2) is 0 Å². The molecule has 1 N–H and O–H groups in total. The maximum atomic E-state index is 13.9. The molecular formula is C29H40FIN6O. The third-order valence-corrected chi connectivity index (χ3v) is 9.13. The highest BCUT2D eigenvalue weighted by atomic mass is 127. The third kappa shape index (κ3) is 6.22. The molecule has 0 bridgehead atoms. The van der Waals surface area contributed by atoms with Crippen LogP contribution in [0.3, 0.4) is 0 Å². The Kier molecular flexibility index (Phi) is 8.40. The molecule has 0 aliphatic carbocycles. The zero-order valence-electron chi connectivity index (χ0n) is 23.0. The van der Waals surface area contributed by atoms with Crippen LogP contribution in [0.5, 0.6) is 0 Å². The number of amides is 1. The minimum atomic E-state index is -0.235. The molecule has 1 amide bonds. The van der Waals surface area contributed by atoms with Gasteiger partial charge in [0.1, 0.15) is 5.82 Å². The van der Waals surface area contributed by atoms with Crippen molar-refractivity contribution in [2.75, 3.05) is 57.3 Å². The molecule has 0 spiro atoms. The summed E-state index contributed by atoms with van der Waals surface area (Å²) < 4.78 is 15.7. The highest BCUT2D eigenvalue weighted by Crippen LogP contribution is 2.39. The van der Waals surface area contributed by atoms with Gasteiger partial charge in [-0.2, -0.15) is 0 Å². The Hall–Kier alpha value is -1.66. The van der Waals surface area contributed by atoms with E-state index in [2.05, 4.69) is 74.9 Å². The van der Waals surface area contributed by atoms with Crippen molar-refractivity contribution in [1.82, 2.24) is 23.2 Å². The Morgan fingerprint density at radius 3 is 2.63 bits per heavy atom. The Bertz CT molecular complexity index is 1140. The van der Waals surface area contributed by atoms with Crippen LogP contribution in [0.15, 0.2) is 36.5 Å². The molecule has 38 heavy (non-hydrogen) atoms. The van der Waals surface area contributed by atoms with E-state index in [0.717, 1.165) is 61.8 Å². The number of carbonyl (C=O) groups excluding carboxylic acids is 1. The number of aromatic nitrogens is 1. The van der Waals surface area contributed by atoms with Crippen LogP contribution in [0.25, 0.3) is 0 Å². The number of hydrogen-bond donors (Lipinski definition) is 1. The van der Waals surface area contributed by atoms with Gasteiger partial charge in [-0.3, -0.25) is 19.6 Å². The number of carbonyl (C=O) groups is 1. The first-order valence-corrected chi connectivity index (χ1v) is 14.7. The predicted octanol–water partition coefficient (Wildman–Crippen LogP) is 3.45. The van der Waals surface area contributed by atoms with Crippen molar-refractivity contribution in [2.45, 2.75) is 57.7 Å². The maximum absolute atomic E-state index is 13.9. The molecule has 5 rings (SSSR count). The molecule has 2 fully saturated rings. The summed E-state index contributed by atoms with van der Waals surface area (Å²) in [6, 6.07) is 9.87. The molecule has 3 aliphatic rings. The number of piperazine rings is 2. The summed E-state index contributed by atoms with van der Waals surface area (Å²) in [5.74, 6) is -0.0941. The van der Waals surface area contributed by atoms with Gasteiger partial charge >= 0.3 is 0 Å². The lowest BCUT2D eigenvalue weighted by Crippen LogP contribution is -2.62. The monoisotopic (exact) mass is 634 g/mol. The van der Waals surface area contributed by atoms with Crippen molar-refractivity contribution in [3.63, 3.8) is 0 Å². The quantitative estimate of drug-likeness (QED) is 0.389. The summed E-state index contributed by atoms with van der Waals surface area (Å²) in [6.07, 6.45) is 2.56. The third-order valence-electron chi connectivity index (χ3n) is 8.26. The second-order valence-corrected chi connectivity index (χ2v) is 13.3. The zero-order valence-corrected chi connectivity index (χ0v) is 25.1. The van der Waals surface area contributed by atoms with E-state index in [1.54, 1.807) is 0 Å². The second kappa shape index (κ2) is 11.4. The summed E-state index contributed by atoms with van der Waals surface area (Å²) in [4.78, 5) is 25.6. The molecule has 0 saturated carbocycles. The molecule has 3 atom stereocenters. The maximum Gasteiger partial charge on any atom is 0.241 e. The number of hydrogen-bond acceptors (Lipinski definition) is 6. The van der Waals surface area contributed by atoms with Gasteiger partial charge in [0.2, 0.25) is 5.91 Å². The molecular weight excluding hydrogens is 594 g/mol. The fourth-order valence-electron chi connectivity index (χ4n) is 6.09. The largest absolute Gasteiger partial charge is 0.311 e. The Labute approximate surface area is 240 Å². The highest BCUT2D eigenvalue weighted by Gasteiger charge is 2.41. The van der Waals surface area contributed by atoms with E-state index in [-0.39, 0.29) is 17.1 Å². The molecule has 9 heteroatoms. The normalized spacial score (nSPS) is 26.5. The molecule has 0 radical (unpaired) electrons. The van der Waals surface area contributed by atoms with E-state index >= 15 is 0 Å². The standard InChI is InChI=1S/C29H40FIN6O/c1-20-15-35(25(14-32-20)17-34-9-10-36(31)16-21(34)2)18-27(38)37-19-29(3,4)28-26(37)12-23(13-33-28)11-22-5-7-24(30)8-6-22/h5-8,12-13,20-21,25,32H,9-11,14-19H2,1-4H3/t20-,21-,25-/m1/s1. The number of benzene rings is 1. The number of nitrogens with one attached hydrogen (secondary N) is 1. The van der Waals surface area contributed by atoms with E-state index in [1.807, 2.05) is 23.2 Å². The fourth-order valence-corrected chi connectivity index (χ4v) is 6.88. The molecule has 2 aromatic rings. The topological polar surface area (TPSA) is 55.0 Å². The van der Waals surface area contributed by atoms with Crippen LogP contribution in [0.1, 0.15) is 44.5 Å². The van der Waals surface area contributed by atoms with Crippen LogP contribution in [0.4, 0.5) is 10.1 Å². The molecule has 2 saturated heterocycles. The number of rotatable bonds is 6. The van der Waals surface area contributed by atoms with Gasteiger partial charge < -0.3 is 10.2 Å². The van der Waals surface area contributed by atoms with Crippen molar-refractivity contribution in [3.8, 4) is 0 Å². The Balaban J connectivity index is 1.32. The van der Waals surface area contributed by atoms with Crippen molar-refractivity contribution < 1.29 is 9.18 Å². The summed E-state index contributed by atoms with van der Waals surface area (Å²) in [6.45, 7) is 15.8. The van der Waals surface area contributed by atoms with E-state index in [9.17, 15) is 9.18 Å². The van der Waals surface area contributed by atoms with Gasteiger partial charge in [0, 0.05) is 98.4 Å². The van der Waals surface area contributed by atoms with Gasteiger partial charge in [-0.25, -0.2) is 7.50 Å². The number of pyridine rings is 1. The van der Waals surface area contributed by atoms with Gasteiger partial charge in [-0.1, -0.05) is 26.0 Å². The average molecular weight is 635 g/mol. The molecule has 1 aromatic carbocycles. The van der Waals surface area contributed by atoms with E-state index in [0.29, 0.717) is 37.6 Å². The zero-order chi connectivity index (χ0) is 27.0. The van der Waals surface area contributed by atoms with Crippen molar-refractivity contribution in [2.24, 2.45) is 0 Å². The number of anilines is 1. The van der Waals surface area contributed by atoms with Crippen LogP contribution < -0.4 is 10.2 Å². The van der Waals surface area contributed by atoms with Gasteiger partial charge in [-0.15, -0.1) is 0 Å². The van der Waals surface area contributed by atoms with Crippen molar-refractivity contribution >= 4 is 34.5 Å². The van der Waals surface area contributed by atoms with Gasteiger partial charge in [0.05, 0.1) is 17.9 Å². The minimum absolute atomic E-state index is 0.141. The Morgan fingerprint density at radius 2 is 1.89 bits per heavy atom. The van der Waals surface area contributed by atoms with Crippen LogP contribution in [0.2, 0.25) is 0 Å². The SMILES string of the molecule is C[C@@H]1CN(CC(=O)N2CC(C)(C)c3ncc(Cc4ccc(F)cc4)cc32)[C@@H](CN2CCN(I)C[C@H]2C)CN1. The number of halogens is 2. The summed E-state index contributed by atoms with van der Waals surface area (Å²) in [5.41, 5.74) is 3.75. The molecule has 4 heterocycles. The van der Waals surface area contributed by atoms with Gasteiger partial charge in [-0.05, 0) is 49.6 Å². The summed E-state index contributed by atoms with van der Waals surface area (Å²) in [7, 11) is 0. The number of fused-ring (bicyclic) bond motifs is 1. The van der Waals surface area contributed by atoms with Gasteiger partial charge in [0.25, 0.3) is 0 Å². The highest BCUT2D eigenvalue weighted by molar-refractivity contribution is 14.1. The summed E-state index contributed by atoms with van der Waals surface area (Å²) in [5, 5.41) is 3.64. The Morgan fingerprint density at radius 1 is 1.13 bits per heavy atom. The second-order valence-electron chi connectivity index (χ2n) is 12.0. The van der Waals surface area contributed by atoms with E-state index in [4.69, 9.17) is 4.98 Å². The van der Waals surface area contributed by atoms with E-state index in [1.165, 1.54) is 12.1 Å². The molecule has 7 nitrogen and oxygen atoms in total. The fraction of sp³-hybridized carbons (Fsp3) is 0.586. The van der Waals surface area contributed by atoms with E-state index < -0.39 is 0 Å². The van der Waals surface area contributed by atoms with Crippen LogP contribution in [-0.2, 0) is 16.6 Å². The average Bonchev–Trinajstić information content (AvgIpc) is 3.14. The first kappa shape index (κ1) is 27.9. The minimum Gasteiger partial charge on any atom is -0.311 e. The smallest absolute Gasteiger partial charge is 0.241 e. The van der Waals surface area contributed by atoms with Crippen LogP contribution >= 0.6 is 22.9 Å². The molecule has 206 valence electrons. The first-order valence-electron chi connectivity index (χ1n) is 13.8.